The van der Waals surface area contributed by atoms with Crippen molar-refractivity contribution in [2.24, 2.45) is 0 Å². The quantitative estimate of drug-likeness (QED) is 0.696. The number of pyridine rings is 1. The molecule has 1 N–H and O–H groups in total. The fraction of sp³-hybridized carbons (Fsp3) is 0.364. The average molecular weight is 396 g/mol. The van der Waals surface area contributed by atoms with Gasteiger partial charge in [-0.25, -0.2) is 9.37 Å². The van der Waals surface area contributed by atoms with E-state index in [0.29, 0.717) is 35.6 Å². The van der Waals surface area contributed by atoms with E-state index in [1.54, 1.807) is 22.7 Å². The number of carbonyl (C=O) groups excluding carboxylic acids is 1. The molecule has 0 unspecified atom stereocenters. The van der Waals surface area contributed by atoms with Crippen LogP contribution in [0.2, 0.25) is 0 Å². The first-order valence-electron chi connectivity index (χ1n) is 9.96. The van der Waals surface area contributed by atoms with Crippen LogP contribution in [0.1, 0.15) is 34.2 Å². The van der Waals surface area contributed by atoms with Crippen LogP contribution in [0.15, 0.2) is 42.6 Å². The van der Waals surface area contributed by atoms with Gasteiger partial charge in [-0.2, -0.15) is 0 Å². The van der Waals surface area contributed by atoms with E-state index in [-0.39, 0.29) is 5.91 Å². The first-order valence-corrected chi connectivity index (χ1v) is 9.96. The lowest BCUT2D eigenvalue weighted by Gasteiger charge is -2.28. The molecule has 2 aromatic heterocycles. The number of imidazole rings is 1. The van der Waals surface area contributed by atoms with Gasteiger partial charge in [0.25, 0.3) is 5.91 Å². The lowest BCUT2D eigenvalue weighted by Crippen LogP contribution is -2.36. The molecule has 152 valence electrons. The first kappa shape index (κ1) is 19.4. The Balaban J connectivity index is 1.48. The van der Waals surface area contributed by atoms with Crippen LogP contribution >= 0.6 is 0 Å². The summed E-state index contributed by atoms with van der Waals surface area (Å²) in [5, 5.41) is 2.98. The number of hydrogen-bond acceptors (Lipinski definition) is 4. The maximum absolute atomic E-state index is 13.3. The molecule has 1 aromatic carbocycles. The summed E-state index contributed by atoms with van der Waals surface area (Å²) in [6, 6.07) is 11.6. The summed E-state index contributed by atoms with van der Waals surface area (Å²) in [7, 11) is 0. The van der Waals surface area contributed by atoms with Crippen molar-refractivity contribution in [2.45, 2.75) is 26.6 Å². The SMILES string of the molecule is CCc1nc2c(CF)cccn2c1C(=O)NCc1ccc(N2CCOCC2)cc1. The highest BCUT2D eigenvalue weighted by Crippen LogP contribution is 2.19. The summed E-state index contributed by atoms with van der Waals surface area (Å²) in [6.45, 7) is 5.04. The minimum atomic E-state index is -0.610. The number of ether oxygens (including phenoxy) is 1. The van der Waals surface area contributed by atoms with Crippen LogP contribution in [0, 0.1) is 0 Å². The Hall–Kier alpha value is -2.93. The number of fused-ring (bicyclic) bond motifs is 1. The summed E-state index contributed by atoms with van der Waals surface area (Å²) in [5.74, 6) is -0.206. The lowest BCUT2D eigenvalue weighted by molar-refractivity contribution is 0.0944. The second-order valence-electron chi connectivity index (χ2n) is 7.07. The number of amides is 1. The van der Waals surface area contributed by atoms with Gasteiger partial charge < -0.3 is 15.0 Å². The predicted molar refractivity (Wildman–Crippen MR) is 110 cm³/mol. The normalized spacial score (nSPS) is 14.3. The number of hydrogen-bond donors (Lipinski definition) is 1. The molecule has 1 fully saturated rings. The Morgan fingerprint density at radius 2 is 1.97 bits per heavy atom. The van der Waals surface area contributed by atoms with Crippen LogP contribution in [0.25, 0.3) is 5.65 Å². The van der Waals surface area contributed by atoms with Gasteiger partial charge in [0.1, 0.15) is 18.0 Å². The number of nitrogens with one attached hydrogen (secondary N) is 1. The van der Waals surface area contributed by atoms with Crippen LogP contribution in [-0.2, 0) is 24.4 Å². The Kier molecular flexibility index (Phi) is 5.76. The Morgan fingerprint density at radius 3 is 2.66 bits per heavy atom. The summed E-state index contributed by atoms with van der Waals surface area (Å²) >= 11 is 0. The molecule has 0 atom stereocenters. The maximum Gasteiger partial charge on any atom is 0.270 e. The molecule has 1 amide bonds. The molecule has 6 nitrogen and oxygen atoms in total. The fourth-order valence-corrected chi connectivity index (χ4v) is 3.67. The number of aromatic nitrogens is 2. The zero-order chi connectivity index (χ0) is 20.2. The van der Waals surface area contributed by atoms with E-state index in [1.807, 2.05) is 19.1 Å². The van der Waals surface area contributed by atoms with Gasteiger partial charge in [0, 0.05) is 37.1 Å². The van der Waals surface area contributed by atoms with E-state index in [2.05, 4.69) is 27.3 Å². The Morgan fingerprint density at radius 1 is 1.21 bits per heavy atom. The van der Waals surface area contributed by atoms with Gasteiger partial charge in [-0.1, -0.05) is 25.1 Å². The Bertz CT molecular complexity index is 994. The molecule has 0 bridgehead atoms. The smallest absolute Gasteiger partial charge is 0.270 e. The number of carbonyl (C=O) groups is 1. The minimum Gasteiger partial charge on any atom is -0.378 e. The first-order chi connectivity index (χ1) is 14.2. The molecule has 1 aliphatic rings. The number of aryl methyl sites for hydroxylation is 1. The molecule has 0 spiro atoms. The minimum absolute atomic E-state index is 0.206. The van der Waals surface area contributed by atoms with E-state index < -0.39 is 6.67 Å². The van der Waals surface area contributed by atoms with Gasteiger partial charge in [-0.05, 0) is 30.2 Å². The van der Waals surface area contributed by atoms with Crippen LogP contribution < -0.4 is 10.2 Å². The highest BCUT2D eigenvalue weighted by Gasteiger charge is 2.19. The zero-order valence-corrected chi connectivity index (χ0v) is 16.5. The molecular weight excluding hydrogens is 371 g/mol. The van der Waals surface area contributed by atoms with E-state index in [9.17, 15) is 9.18 Å². The second-order valence-corrected chi connectivity index (χ2v) is 7.07. The summed E-state index contributed by atoms with van der Waals surface area (Å²) in [6.07, 6.45) is 2.36. The van der Waals surface area contributed by atoms with Crippen LogP contribution in [0.4, 0.5) is 10.1 Å². The Labute approximate surface area is 169 Å². The van der Waals surface area contributed by atoms with E-state index in [1.165, 1.54) is 0 Å². The number of benzene rings is 1. The number of morpholine rings is 1. The zero-order valence-electron chi connectivity index (χ0n) is 16.5. The number of rotatable bonds is 6. The standard InChI is InChI=1S/C22H25FN4O2/c1-2-19-20(27-9-3-4-17(14-23)21(27)25-19)22(28)24-15-16-5-7-18(8-6-16)26-10-12-29-13-11-26/h3-9H,2,10-15H2,1H3,(H,24,28). The van der Waals surface area contributed by atoms with Gasteiger partial charge in [-0.3, -0.25) is 9.20 Å². The highest BCUT2D eigenvalue weighted by molar-refractivity contribution is 5.94. The molecule has 3 aromatic rings. The van der Waals surface area contributed by atoms with Crippen molar-refractivity contribution in [2.75, 3.05) is 31.2 Å². The van der Waals surface area contributed by atoms with Crippen LogP contribution in [0.5, 0.6) is 0 Å². The van der Waals surface area contributed by atoms with Gasteiger partial charge in [0.15, 0.2) is 0 Å². The molecule has 1 saturated heterocycles. The number of nitrogens with zero attached hydrogens (tertiary/aromatic N) is 3. The molecule has 7 heteroatoms. The molecule has 1 aliphatic heterocycles. The molecule has 4 rings (SSSR count). The van der Waals surface area contributed by atoms with Gasteiger partial charge >= 0.3 is 0 Å². The van der Waals surface area contributed by atoms with Gasteiger partial charge in [-0.15, -0.1) is 0 Å². The molecule has 0 radical (unpaired) electrons. The number of halogens is 1. The van der Waals surface area contributed by atoms with Crippen LogP contribution in [0.3, 0.4) is 0 Å². The van der Waals surface area contributed by atoms with Crippen LogP contribution in [-0.4, -0.2) is 41.6 Å². The van der Waals surface area contributed by atoms with E-state index in [4.69, 9.17) is 4.74 Å². The van der Waals surface area contributed by atoms with Crippen molar-refractivity contribution in [3.05, 3.63) is 65.1 Å². The lowest BCUT2D eigenvalue weighted by atomic mass is 10.1. The number of alkyl halides is 1. The van der Waals surface area contributed by atoms with Gasteiger partial charge in [0.2, 0.25) is 0 Å². The van der Waals surface area contributed by atoms with Crippen molar-refractivity contribution < 1.29 is 13.9 Å². The van der Waals surface area contributed by atoms with Crippen molar-refractivity contribution in [3.8, 4) is 0 Å². The van der Waals surface area contributed by atoms with Crippen molar-refractivity contribution in [1.29, 1.82) is 0 Å². The summed E-state index contributed by atoms with van der Waals surface area (Å²) < 4.78 is 20.4. The third kappa shape index (κ3) is 3.96. The molecule has 0 aliphatic carbocycles. The monoisotopic (exact) mass is 396 g/mol. The summed E-state index contributed by atoms with van der Waals surface area (Å²) in [5.41, 5.74) is 4.32. The molecule has 3 heterocycles. The topological polar surface area (TPSA) is 58.9 Å². The maximum atomic E-state index is 13.3. The third-order valence-electron chi connectivity index (χ3n) is 5.26. The molecule has 29 heavy (non-hydrogen) atoms. The summed E-state index contributed by atoms with van der Waals surface area (Å²) in [4.78, 5) is 19.7. The number of anilines is 1. The van der Waals surface area contributed by atoms with Crippen molar-refractivity contribution >= 4 is 17.2 Å². The van der Waals surface area contributed by atoms with Crippen molar-refractivity contribution in [1.82, 2.24) is 14.7 Å². The third-order valence-corrected chi connectivity index (χ3v) is 5.26. The van der Waals surface area contributed by atoms with Gasteiger partial charge in [0.05, 0.1) is 18.9 Å². The molecular formula is C22H25FN4O2. The predicted octanol–water partition coefficient (Wildman–Crippen LogP) is 3.13. The largest absolute Gasteiger partial charge is 0.378 e. The average Bonchev–Trinajstić information content (AvgIpc) is 3.17. The molecule has 0 saturated carbocycles. The van der Waals surface area contributed by atoms with Crippen molar-refractivity contribution in [3.63, 3.8) is 0 Å². The van der Waals surface area contributed by atoms with E-state index in [0.717, 1.165) is 37.6 Å². The second kappa shape index (κ2) is 8.61. The van der Waals surface area contributed by atoms with E-state index >= 15 is 0 Å². The fourth-order valence-electron chi connectivity index (χ4n) is 3.67. The highest BCUT2D eigenvalue weighted by atomic mass is 19.1.